The molecule has 2 heterocycles. The van der Waals surface area contributed by atoms with Gasteiger partial charge in [0.25, 0.3) is 0 Å². The van der Waals surface area contributed by atoms with Gasteiger partial charge in [-0.05, 0) is 23.1 Å². The first-order valence-electron chi connectivity index (χ1n) is 6.58. The molecule has 0 amide bonds. The van der Waals surface area contributed by atoms with Crippen molar-refractivity contribution in [3.8, 4) is 11.5 Å². The average molecular weight is 258 g/mol. The Balaban J connectivity index is 2.40. The number of hydrogen-bond donors (Lipinski definition) is 1. The fourth-order valence-electron chi connectivity index (χ4n) is 1.74. The number of nitrogens with one attached hydrogen (secondary N) is 1. The molecule has 4 heteroatoms. The zero-order chi connectivity index (χ0) is 14.3. The molecule has 0 aliphatic heterocycles. The van der Waals surface area contributed by atoms with E-state index in [0.29, 0.717) is 0 Å². The topological polar surface area (TPSA) is 54.5 Å². The average Bonchev–Trinajstić information content (AvgIpc) is 2.77. The van der Waals surface area contributed by atoms with Gasteiger partial charge in [0.2, 0.25) is 0 Å². The van der Waals surface area contributed by atoms with Crippen LogP contribution < -0.4 is 0 Å². The van der Waals surface area contributed by atoms with Crippen LogP contribution in [0.3, 0.4) is 0 Å². The van der Waals surface area contributed by atoms with E-state index in [4.69, 9.17) is 0 Å². The maximum atomic E-state index is 4.55. The largest absolute Gasteiger partial charge is 0.258 e. The summed E-state index contributed by atoms with van der Waals surface area (Å²) in [5.74, 6) is 1.54. The van der Waals surface area contributed by atoms with E-state index in [0.717, 1.165) is 17.3 Å². The van der Waals surface area contributed by atoms with Crippen LogP contribution in [0, 0.1) is 0 Å². The molecule has 19 heavy (non-hydrogen) atoms. The minimum atomic E-state index is -0.0591. The van der Waals surface area contributed by atoms with Crippen LogP contribution in [0.25, 0.3) is 11.5 Å². The number of H-pyrrole nitrogens is 1. The zero-order valence-corrected chi connectivity index (χ0v) is 12.6. The van der Waals surface area contributed by atoms with Gasteiger partial charge in [-0.15, -0.1) is 0 Å². The molecule has 2 aromatic heterocycles. The molecule has 0 saturated carbocycles. The number of pyridine rings is 1. The highest BCUT2D eigenvalue weighted by atomic mass is 15.2. The second-order valence-corrected chi connectivity index (χ2v) is 6.94. The van der Waals surface area contributed by atoms with Crippen LogP contribution in [0.4, 0.5) is 0 Å². The third kappa shape index (κ3) is 3.00. The van der Waals surface area contributed by atoms with E-state index in [1.54, 1.807) is 0 Å². The summed E-state index contributed by atoms with van der Waals surface area (Å²) >= 11 is 0. The van der Waals surface area contributed by atoms with Crippen molar-refractivity contribution < 1.29 is 0 Å². The van der Waals surface area contributed by atoms with Crippen LogP contribution in [0.5, 0.6) is 0 Å². The SMILES string of the molecule is CC(C)(C)c1ccnc(-c2nc(C(C)(C)C)n[nH]2)c1. The van der Waals surface area contributed by atoms with E-state index in [2.05, 4.69) is 67.8 Å². The Morgan fingerprint density at radius 2 is 1.68 bits per heavy atom. The second-order valence-electron chi connectivity index (χ2n) is 6.94. The normalized spacial score (nSPS) is 12.7. The molecule has 0 spiro atoms. The number of aromatic amines is 1. The Morgan fingerprint density at radius 3 is 2.21 bits per heavy atom. The van der Waals surface area contributed by atoms with Crippen LogP contribution in [-0.4, -0.2) is 20.2 Å². The molecule has 4 nitrogen and oxygen atoms in total. The summed E-state index contributed by atoms with van der Waals surface area (Å²) in [7, 11) is 0. The standard InChI is InChI=1S/C15H22N4/c1-14(2,3)10-7-8-16-11(9-10)12-17-13(19-18-12)15(4,5)6/h7-9H,1-6H3,(H,17,18,19). The predicted octanol–water partition coefficient (Wildman–Crippen LogP) is 3.46. The number of rotatable bonds is 1. The maximum absolute atomic E-state index is 4.55. The van der Waals surface area contributed by atoms with Crippen LogP contribution >= 0.6 is 0 Å². The van der Waals surface area contributed by atoms with Crippen molar-refractivity contribution in [3.63, 3.8) is 0 Å². The van der Waals surface area contributed by atoms with Crippen molar-refractivity contribution in [2.75, 3.05) is 0 Å². The van der Waals surface area contributed by atoms with Crippen molar-refractivity contribution in [1.82, 2.24) is 20.2 Å². The lowest BCUT2D eigenvalue weighted by Gasteiger charge is -2.18. The van der Waals surface area contributed by atoms with Crippen molar-refractivity contribution >= 4 is 0 Å². The van der Waals surface area contributed by atoms with E-state index in [1.165, 1.54) is 5.56 Å². The molecule has 0 aromatic carbocycles. The minimum absolute atomic E-state index is 0.0591. The highest BCUT2D eigenvalue weighted by Gasteiger charge is 2.21. The van der Waals surface area contributed by atoms with E-state index in [-0.39, 0.29) is 10.8 Å². The first kappa shape index (κ1) is 13.7. The summed E-state index contributed by atoms with van der Waals surface area (Å²) in [6.07, 6.45) is 1.83. The van der Waals surface area contributed by atoms with Gasteiger partial charge in [-0.1, -0.05) is 41.5 Å². The van der Waals surface area contributed by atoms with Gasteiger partial charge >= 0.3 is 0 Å². The lowest BCUT2D eigenvalue weighted by Crippen LogP contribution is -2.13. The van der Waals surface area contributed by atoms with Crippen LogP contribution in [-0.2, 0) is 10.8 Å². The highest BCUT2D eigenvalue weighted by Crippen LogP contribution is 2.25. The molecule has 0 fully saturated rings. The van der Waals surface area contributed by atoms with Crippen molar-refractivity contribution in [3.05, 3.63) is 29.7 Å². The van der Waals surface area contributed by atoms with E-state index < -0.39 is 0 Å². The minimum Gasteiger partial charge on any atom is -0.258 e. The summed E-state index contributed by atoms with van der Waals surface area (Å²) in [5.41, 5.74) is 2.13. The lowest BCUT2D eigenvalue weighted by atomic mass is 9.87. The van der Waals surface area contributed by atoms with Gasteiger partial charge in [0, 0.05) is 11.6 Å². The quantitative estimate of drug-likeness (QED) is 0.852. The third-order valence-electron chi connectivity index (χ3n) is 3.02. The molecule has 0 aliphatic carbocycles. The van der Waals surface area contributed by atoms with Crippen molar-refractivity contribution in [1.29, 1.82) is 0 Å². The number of hydrogen-bond acceptors (Lipinski definition) is 3. The molecular formula is C15H22N4. The fraction of sp³-hybridized carbons (Fsp3) is 0.533. The first-order valence-corrected chi connectivity index (χ1v) is 6.58. The summed E-state index contributed by atoms with van der Waals surface area (Å²) < 4.78 is 0. The summed E-state index contributed by atoms with van der Waals surface area (Å²) in [4.78, 5) is 8.93. The van der Waals surface area contributed by atoms with Gasteiger partial charge in [0.05, 0.1) is 0 Å². The lowest BCUT2D eigenvalue weighted by molar-refractivity contribution is 0.548. The van der Waals surface area contributed by atoms with Gasteiger partial charge in [0.15, 0.2) is 11.6 Å². The van der Waals surface area contributed by atoms with Gasteiger partial charge in [0.1, 0.15) is 5.69 Å². The molecular weight excluding hydrogens is 236 g/mol. The van der Waals surface area contributed by atoms with Crippen molar-refractivity contribution in [2.24, 2.45) is 0 Å². The molecule has 0 radical (unpaired) electrons. The molecule has 0 saturated heterocycles. The van der Waals surface area contributed by atoms with Crippen LogP contribution in [0.15, 0.2) is 18.3 Å². The highest BCUT2D eigenvalue weighted by molar-refractivity contribution is 5.50. The molecule has 0 bridgehead atoms. The Hall–Kier alpha value is -1.71. The molecule has 102 valence electrons. The molecule has 2 aromatic rings. The van der Waals surface area contributed by atoms with Crippen LogP contribution in [0.1, 0.15) is 52.9 Å². The molecule has 1 N–H and O–H groups in total. The Kier molecular flexibility index (Phi) is 3.20. The maximum Gasteiger partial charge on any atom is 0.174 e. The molecule has 0 aliphatic rings. The zero-order valence-electron chi connectivity index (χ0n) is 12.6. The fourth-order valence-corrected chi connectivity index (χ4v) is 1.74. The summed E-state index contributed by atoms with van der Waals surface area (Å²) in [5, 5.41) is 7.26. The summed E-state index contributed by atoms with van der Waals surface area (Å²) in [6, 6.07) is 4.12. The smallest absolute Gasteiger partial charge is 0.174 e. The third-order valence-corrected chi connectivity index (χ3v) is 3.02. The van der Waals surface area contributed by atoms with Gasteiger partial charge in [-0.25, -0.2) is 4.98 Å². The van der Waals surface area contributed by atoms with Crippen LogP contribution in [0.2, 0.25) is 0 Å². The Labute approximate surface area is 114 Å². The second kappa shape index (κ2) is 4.44. The monoisotopic (exact) mass is 258 g/mol. The summed E-state index contributed by atoms with van der Waals surface area (Å²) in [6.45, 7) is 12.9. The van der Waals surface area contributed by atoms with Gasteiger partial charge in [-0.3, -0.25) is 10.1 Å². The molecule has 2 rings (SSSR count). The van der Waals surface area contributed by atoms with Gasteiger partial charge in [-0.2, -0.15) is 5.10 Å². The number of nitrogens with zero attached hydrogens (tertiary/aromatic N) is 3. The van der Waals surface area contributed by atoms with E-state index >= 15 is 0 Å². The Morgan fingerprint density at radius 1 is 1.00 bits per heavy atom. The van der Waals surface area contributed by atoms with E-state index in [9.17, 15) is 0 Å². The Bertz CT molecular complexity index is 570. The molecule has 0 atom stereocenters. The van der Waals surface area contributed by atoms with Gasteiger partial charge < -0.3 is 0 Å². The molecule has 0 unspecified atom stereocenters. The first-order chi connectivity index (χ1) is 8.68. The number of aromatic nitrogens is 4. The predicted molar refractivity (Wildman–Crippen MR) is 77.0 cm³/mol. The van der Waals surface area contributed by atoms with Crippen molar-refractivity contribution in [2.45, 2.75) is 52.4 Å². The van der Waals surface area contributed by atoms with E-state index in [1.807, 2.05) is 12.3 Å².